The van der Waals surface area contributed by atoms with Crippen LogP contribution < -0.4 is 0 Å². The first-order chi connectivity index (χ1) is 20.2. The van der Waals surface area contributed by atoms with Crippen molar-refractivity contribution in [1.82, 2.24) is 29.9 Å². The van der Waals surface area contributed by atoms with Crippen molar-refractivity contribution >= 4 is 26.8 Å². The molecule has 194 valence electrons. The van der Waals surface area contributed by atoms with Gasteiger partial charge in [0, 0.05) is 57.5 Å². The summed E-state index contributed by atoms with van der Waals surface area (Å²) in [5, 5.41) is 1.09. The summed E-state index contributed by atoms with van der Waals surface area (Å²) in [6.45, 7) is 0. The van der Waals surface area contributed by atoms with Crippen molar-refractivity contribution in [3.63, 3.8) is 0 Å². The molecule has 0 atom stereocenters. The zero-order valence-corrected chi connectivity index (χ0v) is 23.3. The maximum Gasteiger partial charge on any atom is 0.164 e. The van der Waals surface area contributed by atoms with Crippen LogP contribution in [0.4, 0.5) is 0 Å². The highest BCUT2D eigenvalue weighted by Gasteiger charge is 2.15. The standard InChI is InChI=1S/C34H21BrN6/c35-28-20-26(29-3-1-5-31-30(29)4-2-14-38-31)19-27(21-28)34-40-32(39-33(41-34)25-12-17-37-18-13-25)24-8-6-22(7-9-24)23-10-15-36-16-11-23/h1-21H. The van der Waals surface area contributed by atoms with Gasteiger partial charge in [0.1, 0.15) is 0 Å². The summed E-state index contributed by atoms with van der Waals surface area (Å²) < 4.78 is 0.931. The van der Waals surface area contributed by atoms with E-state index in [0.717, 1.165) is 54.3 Å². The molecular formula is C34H21BrN6. The molecule has 0 radical (unpaired) electrons. The highest BCUT2D eigenvalue weighted by molar-refractivity contribution is 9.10. The van der Waals surface area contributed by atoms with Gasteiger partial charge in [-0.25, -0.2) is 15.0 Å². The van der Waals surface area contributed by atoms with Crippen molar-refractivity contribution in [2.45, 2.75) is 0 Å². The molecule has 0 spiro atoms. The highest BCUT2D eigenvalue weighted by Crippen LogP contribution is 2.34. The Labute approximate surface area is 245 Å². The third-order valence-electron chi connectivity index (χ3n) is 6.84. The van der Waals surface area contributed by atoms with Crippen LogP contribution in [-0.4, -0.2) is 29.9 Å². The summed E-state index contributed by atoms with van der Waals surface area (Å²) >= 11 is 3.73. The molecule has 4 heterocycles. The van der Waals surface area contributed by atoms with E-state index in [0.29, 0.717) is 17.5 Å². The molecule has 0 aliphatic carbocycles. The lowest BCUT2D eigenvalue weighted by molar-refractivity contribution is 1.07. The number of pyridine rings is 3. The SMILES string of the molecule is Brc1cc(-c2nc(-c3ccncc3)nc(-c3ccc(-c4ccncc4)cc3)n2)cc(-c2cccc3ncccc23)c1. The van der Waals surface area contributed by atoms with Crippen LogP contribution >= 0.6 is 15.9 Å². The molecule has 0 saturated carbocycles. The maximum atomic E-state index is 4.96. The van der Waals surface area contributed by atoms with Crippen LogP contribution in [0.15, 0.2) is 133 Å². The van der Waals surface area contributed by atoms with Gasteiger partial charge in [0.15, 0.2) is 17.5 Å². The Balaban J connectivity index is 1.37. The number of benzene rings is 3. The summed E-state index contributed by atoms with van der Waals surface area (Å²) in [6.07, 6.45) is 8.89. The van der Waals surface area contributed by atoms with Crippen molar-refractivity contribution in [2.75, 3.05) is 0 Å². The van der Waals surface area contributed by atoms with Gasteiger partial charge in [-0.1, -0.05) is 58.4 Å². The number of halogens is 1. The smallest absolute Gasteiger partial charge is 0.164 e. The Kier molecular flexibility index (Phi) is 6.55. The molecule has 0 aliphatic heterocycles. The molecule has 0 aliphatic rings. The lowest BCUT2D eigenvalue weighted by atomic mass is 9.98. The predicted octanol–water partition coefficient (Wildman–Crippen LogP) is 8.31. The minimum atomic E-state index is 0.584. The van der Waals surface area contributed by atoms with Gasteiger partial charge in [0.05, 0.1) is 5.52 Å². The number of rotatable bonds is 5. The second-order valence-electron chi connectivity index (χ2n) is 9.46. The number of nitrogens with zero attached hydrogens (tertiary/aromatic N) is 6. The fourth-order valence-electron chi connectivity index (χ4n) is 4.85. The van der Waals surface area contributed by atoms with Gasteiger partial charge < -0.3 is 0 Å². The van der Waals surface area contributed by atoms with Gasteiger partial charge >= 0.3 is 0 Å². The fourth-order valence-corrected chi connectivity index (χ4v) is 5.34. The topological polar surface area (TPSA) is 77.3 Å². The van der Waals surface area contributed by atoms with E-state index in [1.54, 1.807) is 24.8 Å². The lowest BCUT2D eigenvalue weighted by Gasteiger charge is -2.12. The van der Waals surface area contributed by atoms with E-state index >= 15 is 0 Å². The number of hydrogen-bond acceptors (Lipinski definition) is 6. The molecule has 0 N–H and O–H groups in total. The first-order valence-electron chi connectivity index (χ1n) is 13.0. The van der Waals surface area contributed by atoms with Gasteiger partial charge in [-0.3, -0.25) is 15.0 Å². The van der Waals surface area contributed by atoms with Gasteiger partial charge in [-0.05, 0) is 76.9 Å². The molecule has 6 nitrogen and oxygen atoms in total. The van der Waals surface area contributed by atoms with Crippen molar-refractivity contribution in [1.29, 1.82) is 0 Å². The van der Waals surface area contributed by atoms with E-state index in [2.05, 4.69) is 67.3 Å². The third kappa shape index (κ3) is 5.11. The molecule has 0 bridgehead atoms. The van der Waals surface area contributed by atoms with Gasteiger partial charge in [-0.15, -0.1) is 0 Å². The molecule has 3 aromatic carbocycles. The number of aromatic nitrogens is 6. The van der Waals surface area contributed by atoms with Gasteiger partial charge in [0.25, 0.3) is 0 Å². The molecular weight excluding hydrogens is 572 g/mol. The van der Waals surface area contributed by atoms with E-state index in [1.165, 1.54) is 0 Å². The Hall–Kier alpha value is -5.14. The van der Waals surface area contributed by atoms with Crippen LogP contribution in [0.5, 0.6) is 0 Å². The summed E-state index contributed by atoms with van der Waals surface area (Å²) in [7, 11) is 0. The summed E-state index contributed by atoms with van der Waals surface area (Å²) in [6, 6.07) is 32.5. The van der Waals surface area contributed by atoms with Crippen LogP contribution in [0.1, 0.15) is 0 Å². The first-order valence-corrected chi connectivity index (χ1v) is 13.8. The second-order valence-corrected chi connectivity index (χ2v) is 10.4. The van der Waals surface area contributed by atoms with Crippen LogP contribution in [0.2, 0.25) is 0 Å². The Bertz CT molecular complexity index is 1990. The monoisotopic (exact) mass is 592 g/mol. The zero-order valence-electron chi connectivity index (χ0n) is 21.7. The van der Waals surface area contributed by atoms with Crippen LogP contribution in [0, 0.1) is 0 Å². The van der Waals surface area contributed by atoms with E-state index < -0.39 is 0 Å². The van der Waals surface area contributed by atoms with E-state index in [4.69, 9.17) is 15.0 Å². The quantitative estimate of drug-likeness (QED) is 0.200. The zero-order chi connectivity index (χ0) is 27.6. The number of fused-ring (bicyclic) bond motifs is 1. The maximum absolute atomic E-state index is 4.96. The van der Waals surface area contributed by atoms with Crippen LogP contribution in [0.25, 0.3) is 67.3 Å². The molecule has 0 saturated heterocycles. The Morgan fingerprint density at radius 3 is 1.71 bits per heavy atom. The third-order valence-corrected chi connectivity index (χ3v) is 7.30. The summed E-state index contributed by atoms with van der Waals surface area (Å²) in [4.78, 5) is 27.6. The molecule has 0 unspecified atom stereocenters. The lowest BCUT2D eigenvalue weighted by Crippen LogP contribution is -2.00. The minimum absolute atomic E-state index is 0.584. The van der Waals surface area contributed by atoms with Crippen LogP contribution in [-0.2, 0) is 0 Å². The molecule has 7 aromatic rings. The van der Waals surface area contributed by atoms with Crippen molar-refractivity contribution < 1.29 is 0 Å². The average molecular weight is 593 g/mol. The fraction of sp³-hybridized carbons (Fsp3) is 0. The largest absolute Gasteiger partial charge is 0.265 e. The van der Waals surface area contributed by atoms with Gasteiger partial charge in [0.2, 0.25) is 0 Å². The summed E-state index contributed by atoms with van der Waals surface area (Å²) in [5.74, 6) is 1.77. The molecule has 0 fully saturated rings. The van der Waals surface area contributed by atoms with E-state index in [9.17, 15) is 0 Å². The molecule has 7 heteroatoms. The van der Waals surface area contributed by atoms with Crippen molar-refractivity contribution in [3.05, 3.63) is 133 Å². The van der Waals surface area contributed by atoms with E-state index in [1.807, 2.05) is 66.9 Å². The average Bonchev–Trinajstić information content (AvgIpc) is 3.05. The van der Waals surface area contributed by atoms with Gasteiger partial charge in [-0.2, -0.15) is 0 Å². The van der Waals surface area contributed by atoms with Crippen molar-refractivity contribution in [2.24, 2.45) is 0 Å². The minimum Gasteiger partial charge on any atom is -0.265 e. The van der Waals surface area contributed by atoms with Crippen LogP contribution in [0.3, 0.4) is 0 Å². The Morgan fingerprint density at radius 2 is 1.00 bits per heavy atom. The molecule has 0 amide bonds. The van der Waals surface area contributed by atoms with Crippen molar-refractivity contribution in [3.8, 4) is 56.4 Å². The Morgan fingerprint density at radius 1 is 0.439 bits per heavy atom. The summed E-state index contributed by atoms with van der Waals surface area (Å²) in [5.41, 5.74) is 7.93. The van der Waals surface area contributed by atoms with E-state index in [-0.39, 0.29) is 0 Å². The highest BCUT2D eigenvalue weighted by atomic mass is 79.9. The molecule has 7 rings (SSSR count). The first kappa shape index (κ1) is 24.9. The normalized spacial score (nSPS) is 11.0. The second kappa shape index (κ2) is 10.8. The molecule has 41 heavy (non-hydrogen) atoms. The number of hydrogen-bond donors (Lipinski definition) is 0. The molecule has 4 aromatic heterocycles. The predicted molar refractivity (Wildman–Crippen MR) is 166 cm³/mol.